The standard InChI is InChI=1S/C18H25FN2O2/c1-12-8-21(9-13(2)20-12)18(22)15-5-6-17(19)16(7-15)11-23-10-14-3-4-14/h5-7,12-14,20H,3-4,8-11H2,1-2H3. The van der Waals surface area contributed by atoms with Crippen LogP contribution in [0.1, 0.15) is 42.6 Å². The van der Waals surface area contributed by atoms with Crippen molar-refractivity contribution in [2.24, 2.45) is 5.92 Å². The normalized spacial score (nSPS) is 24.7. The molecule has 2 aliphatic rings. The van der Waals surface area contributed by atoms with Gasteiger partial charge < -0.3 is 15.0 Å². The molecule has 1 aliphatic heterocycles. The maximum atomic E-state index is 13.9. The Morgan fingerprint density at radius 2 is 2.00 bits per heavy atom. The third-order valence-electron chi connectivity index (χ3n) is 4.45. The van der Waals surface area contributed by atoms with Gasteiger partial charge in [-0.25, -0.2) is 4.39 Å². The molecule has 1 saturated carbocycles. The van der Waals surface area contributed by atoms with Crippen LogP contribution in [-0.2, 0) is 11.3 Å². The van der Waals surface area contributed by atoms with Crippen molar-refractivity contribution in [1.82, 2.24) is 10.2 Å². The fourth-order valence-electron chi connectivity index (χ4n) is 3.11. The summed E-state index contributed by atoms with van der Waals surface area (Å²) >= 11 is 0. The second kappa shape index (κ2) is 6.97. The van der Waals surface area contributed by atoms with E-state index < -0.39 is 0 Å². The minimum atomic E-state index is -0.306. The first-order valence-electron chi connectivity index (χ1n) is 8.44. The molecule has 1 aromatic rings. The maximum absolute atomic E-state index is 13.9. The highest BCUT2D eigenvalue weighted by Crippen LogP contribution is 2.29. The van der Waals surface area contributed by atoms with E-state index in [0.29, 0.717) is 36.7 Å². The molecule has 0 aromatic heterocycles. The van der Waals surface area contributed by atoms with Crippen molar-refractivity contribution in [2.45, 2.75) is 45.4 Å². The average Bonchev–Trinajstić information content (AvgIpc) is 3.31. The highest BCUT2D eigenvalue weighted by Gasteiger charge is 2.26. The Morgan fingerprint density at radius 3 is 2.65 bits per heavy atom. The van der Waals surface area contributed by atoms with Crippen LogP contribution in [0.5, 0.6) is 0 Å². The molecule has 2 atom stereocenters. The molecule has 1 saturated heterocycles. The zero-order chi connectivity index (χ0) is 16.4. The van der Waals surface area contributed by atoms with Crippen LogP contribution in [0.3, 0.4) is 0 Å². The predicted molar refractivity (Wildman–Crippen MR) is 86.7 cm³/mol. The Balaban J connectivity index is 1.67. The summed E-state index contributed by atoms with van der Waals surface area (Å²) in [4.78, 5) is 14.5. The van der Waals surface area contributed by atoms with Gasteiger partial charge in [-0.05, 0) is 50.8 Å². The van der Waals surface area contributed by atoms with Gasteiger partial charge in [0.2, 0.25) is 0 Å². The summed E-state index contributed by atoms with van der Waals surface area (Å²) in [6, 6.07) is 5.12. The molecule has 3 rings (SSSR count). The third kappa shape index (κ3) is 4.30. The summed E-state index contributed by atoms with van der Waals surface area (Å²) in [5.74, 6) is 0.305. The van der Waals surface area contributed by atoms with E-state index in [2.05, 4.69) is 19.2 Å². The van der Waals surface area contributed by atoms with Crippen LogP contribution in [0.15, 0.2) is 18.2 Å². The van der Waals surface area contributed by atoms with E-state index in [4.69, 9.17) is 4.74 Å². The van der Waals surface area contributed by atoms with Crippen molar-refractivity contribution in [3.8, 4) is 0 Å². The number of hydrogen-bond donors (Lipinski definition) is 1. The number of carbonyl (C=O) groups is 1. The van der Waals surface area contributed by atoms with Gasteiger partial charge in [0.1, 0.15) is 5.82 Å². The molecule has 1 heterocycles. The SMILES string of the molecule is CC1CN(C(=O)c2ccc(F)c(COCC3CC3)c2)CC(C)N1. The lowest BCUT2D eigenvalue weighted by molar-refractivity contribution is 0.0673. The molecular weight excluding hydrogens is 295 g/mol. The number of piperazine rings is 1. The zero-order valence-corrected chi connectivity index (χ0v) is 13.8. The molecule has 1 aliphatic carbocycles. The third-order valence-corrected chi connectivity index (χ3v) is 4.45. The molecule has 0 bridgehead atoms. The summed E-state index contributed by atoms with van der Waals surface area (Å²) in [6.45, 7) is 6.40. The average molecular weight is 320 g/mol. The molecule has 23 heavy (non-hydrogen) atoms. The van der Waals surface area contributed by atoms with Crippen LogP contribution in [0, 0.1) is 11.7 Å². The van der Waals surface area contributed by atoms with Gasteiger partial charge in [0.05, 0.1) is 6.61 Å². The van der Waals surface area contributed by atoms with Gasteiger partial charge in [0.25, 0.3) is 5.91 Å². The lowest BCUT2D eigenvalue weighted by Crippen LogP contribution is -2.55. The Bertz CT molecular complexity index is 564. The molecule has 2 fully saturated rings. The number of nitrogens with one attached hydrogen (secondary N) is 1. The molecule has 2 unspecified atom stereocenters. The van der Waals surface area contributed by atoms with Crippen LogP contribution in [0.25, 0.3) is 0 Å². The molecule has 1 N–H and O–H groups in total. The van der Waals surface area contributed by atoms with Crippen molar-refractivity contribution < 1.29 is 13.9 Å². The molecule has 5 heteroatoms. The first-order chi connectivity index (χ1) is 11.0. The number of nitrogens with zero attached hydrogens (tertiary/aromatic N) is 1. The smallest absolute Gasteiger partial charge is 0.253 e. The summed E-state index contributed by atoms with van der Waals surface area (Å²) in [5, 5.41) is 3.41. The van der Waals surface area contributed by atoms with Crippen LogP contribution >= 0.6 is 0 Å². The minimum Gasteiger partial charge on any atom is -0.376 e. The van der Waals surface area contributed by atoms with Gasteiger partial charge in [-0.3, -0.25) is 4.79 Å². The molecular formula is C18H25FN2O2. The van der Waals surface area contributed by atoms with Crippen LogP contribution in [0.4, 0.5) is 4.39 Å². The number of hydrogen-bond acceptors (Lipinski definition) is 3. The maximum Gasteiger partial charge on any atom is 0.253 e. The van der Waals surface area contributed by atoms with Crippen molar-refractivity contribution in [3.63, 3.8) is 0 Å². The summed E-state index contributed by atoms with van der Waals surface area (Å²) in [7, 11) is 0. The Hall–Kier alpha value is -1.46. The van der Waals surface area contributed by atoms with E-state index in [-0.39, 0.29) is 30.4 Å². The summed E-state index contributed by atoms with van der Waals surface area (Å²) < 4.78 is 19.5. The number of rotatable bonds is 5. The van der Waals surface area contributed by atoms with Gasteiger partial charge >= 0.3 is 0 Å². The Morgan fingerprint density at radius 1 is 1.30 bits per heavy atom. The van der Waals surface area contributed by atoms with Crippen LogP contribution < -0.4 is 5.32 Å². The predicted octanol–water partition coefficient (Wildman–Crippen LogP) is 2.57. The number of ether oxygens (including phenoxy) is 1. The van der Waals surface area contributed by atoms with Crippen LogP contribution in [-0.4, -0.2) is 42.6 Å². The molecule has 0 radical (unpaired) electrons. The second-order valence-electron chi connectivity index (χ2n) is 6.94. The van der Waals surface area contributed by atoms with Crippen molar-refractivity contribution in [2.75, 3.05) is 19.7 Å². The van der Waals surface area contributed by atoms with Gasteiger partial charge in [-0.1, -0.05) is 0 Å². The van der Waals surface area contributed by atoms with Crippen molar-refractivity contribution >= 4 is 5.91 Å². The summed E-state index contributed by atoms with van der Waals surface area (Å²) in [5.41, 5.74) is 1.01. The van der Waals surface area contributed by atoms with E-state index in [1.807, 2.05) is 4.90 Å². The van der Waals surface area contributed by atoms with Crippen molar-refractivity contribution in [1.29, 1.82) is 0 Å². The highest BCUT2D eigenvalue weighted by molar-refractivity contribution is 5.94. The second-order valence-corrected chi connectivity index (χ2v) is 6.94. The quantitative estimate of drug-likeness (QED) is 0.906. The molecule has 126 valence electrons. The van der Waals surface area contributed by atoms with Gasteiger partial charge in [0.15, 0.2) is 0 Å². The fourth-order valence-corrected chi connectivity index (χ4v) is 3.11. The molecule has 1 amide bonds. The molecule has 0 spiro atoms. The highest BCUT2D eigenvalue weighted by atomic mass is 19.1. The van der Waals surface area contributed by atoms with Gasteiger partial charge in [-0.15, -0.1) is 0 Å². The van der Waals surface area contributed by atoms with E-state index in [1.54, 1.807) is 12.1 Å². The number of carbonyl (C=O) groups excluding carboxylic acids is 1. The largest absolute Gasteiger partial charge is 0.376 e. The first-order valence-corrected chi connectivity index (χ1v) is 8.44. The van der Waals surface area contributed by atoms with E-state index >= 15 is 0 Å². The monoisotopic (exact) mass is 320 g/mol. The first kappa shape index (κ1) is 16.4. The minimum absolute atomic E-state index is 0.0337. The van der Waals surface area contributed by atoms with E-state index in [9.17, 15) is 9.18 Å². The Labute approximate surface area is 137 Å². The van der Waals surface area contributed by atoms with E-state index in [1.165, 1.54) is 18.9 Å². The summed E-state index contributed by atoms with van der Waals surface area (Å²) in [6.07, 6.45) is 2.42. The lowest BCUT2D eigenvalue weighted by Gasteiger charge is -2.36. The number of amides is 1. The zero-order valence-electron chi connectivity index (χ0n) is 13.8. The number of benzene rings is 1. The van der Waals surface area contributed by atoms with E-state index in [0.717, 1.165) is 0 Å². The molecule has 4 nitrogen and oxygen atoms in total. The van der Waals surface area contributed by atoms with Gasteiger partial charge in [-0.2, -0.15) is 0 Å². The topological polar surface area (TPSA) is 41.6 Å². The van der Waals surface area contributed by atoms with Crippen LogP contribution in [0.2, 0.25) is 0 Å². The van der Waals surface area contributed by atoms with Gasteiger partial charge in [0, 0.05) is 42.9 Å². The lowest BCUT2D eigenvalue weighted by atomic mass is 10.1. The van der Waals surface area contributed by atoms with Crippen molar-refractivity contribution in [3.05, 3.63) is 35.1 Å². The molecule has 1 aromatic carbocycles. The Kier molecular flexibility index (Phi) is 4.97. The number of halogens is 1. The fraction of sp³-hybridized carbons (Fsp3) is 0.611.